The minimum absolute atomic E-state index is 0.259. The minimum atomic E-state index is 0.259. The number of nitrogens with zero attached hydrogens (tertiary/aromatic N) is 3. The van der Waals surface area contributed by atoms with E-state index in [1.807, 2.05) is 6.07 Å². The van der Waals surface area contributed by atoms with Gasteiger partial charge in [-0.2, -0.15) is 15.8 Å². The highest BCUT2D eigenvalue weighted by Gasteiger charge is 2.17. The van der Waals surface area contributed by atoms with Gasteiger partial charge in [-0.25, -0.2) is 0 Å². The van der Waals surface area contributed by atoms with Crippen LogP contribution >= 0.6 is 0 Å². The van der Waals surface area contributed by atoms with Gasteiger partial charge < -0.3 is 0 Å². The Morgan fingerprint density at radius 3 is 1.45 bits per heavy atom. The second-order valence-corrected chi connectivity index (χ2v) is 4.86. The van der Waals surface area contributed by atoms with Crippen molar-refractivity contribution in [2.24, 2.45) is 0 Å². The number of benzene rings is 1. The molecule has 0 atom stereocenters. The van der Waals surface area contributed by atoms with Crippen molar-refractivity contribution in [3.8, 4) is 18.2 Å². The maximum atomic E-state index is 9.31. The summed E-state index contributed by atoms with van der Waals surface area (Å²) in [6.45, 7) is 4.19. The second-order valence-electron chi connectivity index (χ2n) is 4.86. The van der Waals surface area contributed by atoms with Gasteiger partial charge in [-0.3, -0.25) is 0 Å². The molecule has 0 aromatic heterocycles. The van der Waals surface area contributed by atoms with Gasteiger partial charge in [0.05, 0.1) is 16.7 Å². The third-order valence-electron chi connectivity index (χ3n) is 3.43. The summed E-state index contributed by atoms with van der Waals surface area (Å²) in [5, 5.41) is 27.9. The largest absolute Gasteiger partial charge is 0.192 e. The van der Waals surface area contributed by atoms with Crippen molar-refractivity contribution in [2.75, 3.05) is 0 Å². The summed E-state index contributed by atoms with van der Waals surface area (Å²) in [5.74, 6) is 0. The number of unbranched alkanes of at least 4 members (excludes halogenated alkanes) is 2. The molecular weight excluding hydrogens is 246 g/mol. The van der Waals surface area contributed by atoms with Gasteiger partial charge in [-0.15, -0.1) is 0 Å². The molecule has 0 N–H and O–H groups in total. The van der Waals surface area contributed by atoms with Crippen LogP contribution < -0.4 is 0 Å². The lowest BCUT2D eigenvalue weighted by Gasteiger charge is -2.11. The molecule has 3 nitrogen and oxygen atoms in total. The van der Waals surface area contributed by atoms with E-state index in [9.17, 15) is 15.8 Å². The molecular formula is C17H19N3. The van der Waals surface area contributed by atoms with Gasteiger partial charge in [0.1, 0.15) is 18.2 Å². The first-order chi connectivity index (χ1) is 9.73. The number of hydrogen-bond donors (Lipinski definition) is 0. The van der Waals surface area contributed by atoms with Crippen molar-refractivity contribution in [2.45, 2.75) is 52.4 Å². The maximum absolute atomic E-state index is 9.31. The van der Waals surface area contributed by atoms with E-state index in [0.29, 0.717) is 11.1 Å². The highest BCUT2D eigenvalue weighted by Crippen LogP contribution is 2.25. The maximum Gasteiger partial charge on any atom is 0.102 e. The van der Waals surface area contributed by atoms with Gasteiger partial charge in [0.2, 0.25) is 0 Å². The summed E-state index contributed by atoms with van der Waals surface area (Å²) in [4.78, 5) is 0. The van der Waals surface area contributed by atoms with Crippen LogP contribution in [0.15, 0.2) is 6.07 Å². The summed E-state index contributed by atoms with van der Waals surface area (Å²) in [5.41, 5.74) is 2.86. The molecule has 0 aliphatic carbocycles. The molecule has 3 heteroatoms. The first-order valence-electron chi connectivity index (χ1n) is 7.12. The molecule has 0 fully saturated rings. The van der Waals surface area contributed by atoms with Crippen molar-refractivity contribution in [3.05, 3.63) is 33.9 Å². The van der Waals surface area contributed by atoms with Crippen LogP contribution in [-0.2, 0) is 12.8 Å². The van der Waals surface area contributed by atoms with Crippen molar-refractivity contribution in [3.63, 3.8) is 0 Å². The molecule has 1 aromatic rings. The zero-order valence-electron chi connectivity index (χ0n) is 12.2. The summed E-state index contributed by atoms with van der Waals surface area (Å²) in [6.07, 6.45) is 5.63. The molecule has 0 heterocycles. The van der Waals surface area contributed by atoms with E-state index in [2.05, 4.69) is 32.1 Å². The first-order valence-corrected chi connectivity index (χ1v) is 7.12. The fourth-order valence-corrected chi connectivity index (χ4v) is 2.30. The Kier molecular flexibility index (Phi) is 6.28. The van der Waals surface area contributed by atoms with Gasteiger partial charge in [0, 0.05) is 0 Å². The predicted octanol–water partition coefficient (Wildman–Crippen LogP) is 3.99. The molecule has 0 aliphatic rings. The van der Waals surface area contributed by atoms with E-state index >= 15 is 0 Å². The molecule has 0 spiro atoms. The van der Waals surface area contributed by atoms with E-state index in [0.717, 1.165) is 49.7 Å². The van der Waals surface area contributed by atoms with Gasteiger partial charge in [-0.1, -0.05) is 32.8 Å². The lowest BCUT2D eigenvalue weighted by Crippen LogP contribution is -2.03. The SMILES string of the molecule is CCCCc1cc(CCCC)c(C#N)c(C#N)c1C#N. The van der Waals surface area contributed by atoms with Crippen molar-refractivity contribution in [1.29, 1.82) is 15.8 Å². The van der Waals surface area contributed by atoms with Gasteiger partial charge in [-0.05, 0) is 36.8 Å². The molecule has 1 aromatic carbocycles. The molecule has 0 saturated heterocycles. The Morgan fingerprint density at radius 2 is 1.15 bits per heavy atom. The Balaban J connectivity index is 3.43. The Labute approximate surface area is 121 Å². The zero-order chi connectivity index (χ0) is 15.0. The Hall–Kier alpha value is -2.31. The van der Waals surface area contributed by atoms with Gasteiger partial charge in [0.15, 0.2) is 0 Å². The average Bonchev–Trinajstić information content (AvgIpc) is 2.49. The van der Waals surface area contributed by atoms with E-state index in [1.54, 1.807) is 0 Å². The van der Waals surface area contributed by atoms with Crippen molar-refractivity contribution < 1.29 is 0 Å². The van der Waals surface area contributed by atoms with Crippen LogP contribution in [0.3, 0.4) is 0 Å². The molecule has 0 radical (unpaired) electrons. The van der Waals surface area contributed by atoms with Gasteiger partial charge >= 0.3 is 0 Å². The summed E-state index contributed by atoms with van der Waals surface area (Å²) >= 11 is 0. The lowest BCUT2D eigenvalue weighted by atomic mass is 9.89. The Bertz CT molecular complexity index is 550. The van der Waals surface area contributed by atoms with E-state index < -0.39 is 0 Å². The standard InChI is InChI=1S/C17H19N3/c1-3-5-7-13-9-14(8-6-4-2)16(11-19)17(12-20)15(13)10-18/h9H,3-8H2,1-2H3. The normalized spacial score (nSPS) is 9.55. The molecule has 0 unspecified atom stereocenters. The van der Waals surface area contributed by atoms with Crippen LogP contribution in [0.1, 0.15) is 67.3 Å². The highest BCUT2D eigenvalue weighted by atomic mass is 14.3. The van der Waals surface area contributed by atoms with Crippen LogP contribution in [0.4, 0.5) is 0 Å². The predicted molar refractivity (Wildman–Crippen MR) is 77.8 cm³/mol. The van der Waals surface area contributed by atoms with E-state index in [4.69, 9.17) is 0 Å². The Morgan fingerprint density at radius 1 is 0.750 bits per heavy atom. The fourth-order valence-electron chi connectivity index (χ4n) is 2.30. The quantitative estimate of drug-likeness (QED) is 0.780. The molecule has 0 saturated carbocycles. The van der Waals surface area contributed by atoms with Crippen LogP contribution in [0.5, 0.6) is 0 Å². The smallest absolute Gasteiger partial charge is 0.102 e. The topological polar surface area (TPSA) is 71.4 Å². The van der Waals surface area contributed by atoms with E-state index in [1.165, 1.54) is 0 Å². The number of aryl methyl sites for hydroxylation is 2. The number of nitriles is 3. The highest BCUT2D eigenvalue weighted by molar-refractivity contribution is 5.61. The average molecular weight is 265 g/mol. The van der Waals surface area contributed by atoms with Crippen LogP contribution in [0.2, 0.25) is 0 Å². The fraction of sp³-hybridized carbons (Fsp3) is 0.471. The first kappa shape index (κ1) is 15.7. The third kappa shape index (κ3) is 3.37. The van der Waals surface area contributed by atoms with Crippen LogP contribution in [-0.4, -0.2) is 0 Å². The van der Waals surface area contributed by atoms with Crippen molar-refractivity contribution in [1.82, 2.24) is 0 Å². The summed E-state index contributed by atoms with van der Waals surface area (Å²) in [7, 11) is 0. The molecule has 1 rings (SSSR count). The lowest BCUT2D eigenvalue weighted by molar-refractivity contribution is 0.777. The molecule has 102 valence electrons. The summed E-state index contributed by atoms with van der Waals surface area (Å²) < 4.78 is 0. The molecule has 0 amide bonds. The zero-order valence-corrected chi connectivity index (χ0v) is 12.2. The minimum Gasteiger partial charge on any atom is -0.192 e. The third-order valence-corrected chi connectivity index (χ3v) is 3.43. The number of hydrogen-bond acceptors (Lipinski definition) is 3. The van der Waals surface area contributed by atoms with Crippen LogP contribution in [0, 0.1) is 34.0 Å². The molecule has 20 heavy (non-hydrogen) atoms. The monoisotopic (exact) mass is 265 g/mol. The summed E-state index contributed by atoms with van der Waals surface area (Å²) in [6, 6.07) is 8.23. The van der Waals surface area contributed by atoms with Crippen LogP contribution in [0.25, 0.3) is 0 Å². The van der Waals surface area contributed by atoms with Crippen molar-refractivity contribution >= 4 is 0 Å². The number of rotatable bonds is 6. The van der Waals surface area contributed by atoms with Gasteiger partial charge in [0.25, 0.3) is 0 Å². The molecule has 0 aliphatic heterocycles. The molecule has 0 bridgehead atoms. The second kappa shape index (κ2) is 7.98. The van der Waals surface area contributed by atoms with E-state index in [-0.39, 0.29) is 5.56 Å².